The molecule has 3 heterocycles. The van der Waals surface area contributed by atoms with E-state index in [1.807, 2.05) is 0 Å². The predicted octanol–water partition coefficient (Wildman–Crippen LogP) is 9.41. The fraction of sp³-hybridized carbons (Fsp3) is 0.933. The maximum absolute atomic E-state index is 13.5. The number of unbranched alkanes of at least 4 members (excludes halogenated alkanes) is 39. The van der Waals surface area contributed by atoms with Crippen molar-refractivity contribution in [1.82, 2.24) is 10.6 Å². The number of nitrogens with one attached hydrogen (secondary N) is 2. The molecule has 0 saturated carbocycles. The molecule has 0 spiro atoms. The number of aliphatic hydroxyl groups is 11. The van der Waals surface area contributed by atoms with Gasteiger partial charge in [0.25, 0.3) is 5.79 Å². The van der Waals surface area contributed by atoms with Crippen LogP contribution in [0.25, 0.3) is 0 Å². The lowest BCUT2D eigenvalue weighted by molar-refractivity contribution is -0.386. The van der Waals surface area contributed by atoms with Gasteiger partial charge in [-0.2, -0.15) is 0 Å². The van der Waals surface area contributed by atoms with Gasteiger partial charge in [-0.05, 0) is 38.5 Å². The lowest BCUT2D eigenvalue weighted by Crippen LogP contribution is -2.70. The number of aliphatic carboxylic acids is 1. The van der Waals surface area contributed by atoms with Gasteiger partial charge in [-0.1, -0.05) is 264 Å². The molecule has 3 fully saturated rings. The van der Waals surface area contributed by atoms with Gasteiger partial charge in [0.2, 0.25) is 11.8 Å². The molecule has 0 bridgehead atoms. The first-order valence-corrected chi connectivity index (χ1v) is 39.0. The van der Waals surface area contributed by atoms with E-state index >= 15 is 0 Å². The Morgan fingerprint density at radius 3 is 1.38 bits per heavy atom. The van der Waals surface area contributed by atoms with Crippen molar-refractivity contribution in [3.05, 3.63) is 12.2 Å². The SMILES string of the molecule is CCCCCCCCCCCCCC/C=C\CCCCCCCCCCCCCCCCC(=O)NC(COC1OC(CO)C(OC2OC(CO)C(O)C(OC3(C(=O)O)CC(O)C(NC(C)=O)C(C(O)C(O)CO)O3)C2O)C(O)C1O)C(O)CCCCCCCCCCCCCCCC. The smallest absolute Gasteiger partial charge is 0.364 e. The minimum Gasteiger partial charge on any atom is -0.477 e. The van der Waals surface area contributed by atoms with E-state index in [1.54, 1.807) is 0 Å². The van der Waals surface area contributed by atoms with Crippen LogP contribution in [0.5, 0.6) is 0 Å². The maximum Gasteiger partial charge on any atom is 0.364 e. The lowest BCUT2D eigenvalue weighted by atomic mass is 9.88. The van der Waals surface area contributed by atoms with Crippen LogP contribution in [0, 0.1) is 0 Å². The lowest BCUT2D eigenvalue weighted by Gasteiger charge is -2.50. The van der Waals surface area contributed by atoms with Crippen LogP contribution in [0.1, 0.15) is 310 Å². The Morgan fingerprint density at radius 2 is 0.949 bits per heavy atom. The molecule has 2 amide bonds. The van der Waals surface area contributed by atoms with Crippen molar-refractivity contribution >= 4 is 17.8 Å². The third-order valence-electron chi connectivity index (χ3n) is 20.0. The zero-order chi connectivity index (χ0) is 71.8. The number of carboxylic acids is 1. The van der Waals surface area contributed by atoms with Crippen LogP contribution in [0.2, 0.25) is 0 Å². The Morgan fingerprint density at radius 1 is 0.520 bits per heavy atom. The standard InChI is InChI=1S/C75H140N2O21/c1-4-6-8-10-12-14-16-18-20-21-22-23-24-25-26-27-28-29-30-31-32-33-34-35-37-39-41-43-45-47-49-62(85)77-56(57(82)48-46-44-42-40-38-36-19-17-15-13-11-9-7-5-2)54-93-72-67(89)66(88)69(61(53-80)95-72)96-73-68(90)71(65(87)60(52-79)94-73)98-75(74(91)92)50-58(83)63(76-55(3)81)70(97-75)64(86)59(84)51-78/h25-26,56-61,63-73,78-80,82-84,86-90H,4-24,27-54H2,1-3H3,(H,76,81)(H,77,85)(H,91,92)/b26-25-. The van der Waals surface area contributed by atoms with Crippen molar-refractivity contribution in [2.45, 2.75) is 420 Å². The molecule has 0 aromatic rings. The molecule has 3 aliphatic rings. The van der Waals surface area contributed by atoms with E-state index in [4.69, 9.17) is 28.4 Å². The first-order chi connectivity index (χ1) is 47.4. The van der Waals surface area contributed by atoms with E-state index in [9.17, 15) is 75.7 Å². The molecular formula is C75H140N2O21. The number of carbonyl (C=O) groups excluding carboxylic acids is 2. The van der Waals surface area contributed by atoms with E-state index in [2.05, 4.69) is 36.6 Å². The third-order valence-corrected chi connectivity index (χ3v) is 20.0. The largest absolute Gasteiger partial charge is 0.477 e. The van der Waals surface area contributed by atoms with Crippen LogP contribution in [0.3, 0.4) is 0 Å². The highest BCUT2D eigenvalue weighted by molar-refractivity contribution is 5.77. The van der Waals surface area contributed by atoms with Crippen molar-refractivity contribution < 1.29 is 104 Å². The normalized spacial score (nSPS) is 27.3. The average molecular weight is 1410 g/mol. The summed E-state index contributed by atoms with van der Waals surface area (Å²) in [4.78, 5) is 38.6. The molecule has 576 valence electrons. The highest BCUT2D eigenvalue weighted by atomic mass is 16.8. The molecule has 3 aliphatic heterocycles. The minimum absolute atomic E-state index is 0.226. The summed E-state index contributed by atoms with van der Waals surface area (Å²) in [5.41, 5.74) is 0. The summed E-state index contributed by atoms with van der Waals surface area (Å²) in [6, 6.07) is -2.53. The van der Waals surface area contributed by atoms with Gasteiger partial charge in [0.1, 0.15) is 67.1 Å². The fourth-order valence-corrected chi connectivity index (χ4v) is 13.8. The first-order valence-electron chi connectivity index (χ1n) is 39.0. The first kappa shape index (κ1) is 89.7. The number of amides is 2. The number of carbonyl (C=O) groups is 3. The van der Waals surface area contributed by atoms with Gasteiger partial charge in [0, 0.05) is 19.8 Å². The van der Waals surface area contributed by atoms with Gasteiger partial charge < -0.3 is 100 Å². The van der Waals surface area contributed by atoms with E-state index in [0.717, 1.165) is 58.3 Å². The van der Waals surface area contributed by atoms with E-state index < -0.39 is 148 Å². The Bertz CT molecular complexity index is 2010. The predicted molar refractivity (Wildman–Crippen MR) is 375 cm³/mol. The molecule has 18 atom stereocenters. The Labute approximate surface area is 588 Å². The van der Waals surface area contributed by atoms with Crippen molar-refractivity contribution in [2.75, 3.05) is 26.4 Å². The summed E-state index contributed by atoms with van der Waals surface area (Å²) in [6.45, 7) is 2.23. The van der Waals surface area contributed by atoms with Crippen molar-refractivity contribution in [3.63, 3.8) is 0 Å². The van der Waals surface area contributed by atoms with Crippen molar-refractivity contribution in [2.24, 2.45) is 0 Å². The van der Waals surface area contributed by atoms with Gasteiger partial charge in [-0.25, -0.2) is 4.79 Å². The average Bonchev–Trinajstić information content (AvgIpc) is 0.757. The second kappa shape index (κ2) is 55.0. The van der Waals surface area contributed by atoms with Gasteiger partial charge in [-0.3, -0.25) is 9.59 Å². The number of hydrogen-bond donors (Lipinski definition) is 14. The molecule has 23 heteroatoms. The molecule has 0 radical (unpaired) electrons. The number of hydrogen-bond acceptors (Lipinski definition) is 20. The molecule has 0 aliphatic carbocycles. The highest BCUT2D eigenvalue weighted by Gasteiger charge is 2.60. The summed E-state index contributed by atoms with van der Waals surface area (Å²) in [6.07, 6.45) is 28.0. The molecule has 14 N–H and O–H groups in total. The van der Waals surface area contributed by atoms with Crippen LogP contribution in [0.4, 0.5) is 0 Å². The van der Waals surface area contributed by atoms with Crippen molar-refractivity contribution in [3.8, 4) is 0 Å². The maximum atomic E-state index is 13.5. The zero-order valence-electron chi connectivity index (χ0n) is 60.7. The molecule has 0 aromatic heterocycles. The number of allylic oxidation sites excluding steroid dienone is 2. The summed E-state index contributed by atoms with van der Waals surface area (Å²) < 4.78 is 34.9. The third kappa shape index (κ3) is 35.8. The van der Waals surface area contributed by atoms with Crippen LogP contribution in [0.15, 0.2) is 12.2 Å². The molecule has 0 aromatic carbocycles. The number of aliphatic hydroxyl groups excluding tert-OH is 11. The Hall–Kier alpha value is -2.53. The molecular weight excluding hydrogens is 1260 g/mol. The van der Waals surface area contributed by atoms with Gasteiger partial charge >= 0.3 is 5.97 Å². The molecule has 18 unspecified atom stereocenters. The van der Waals surface area contributed by atoms with Gasteiger partial charge in [0.15, 0.2) is 12.6 Å². The van der Waals surface area contributed by atoms with Crippen LogP contribution >= 0.6 is 0 Å². The van der Waals surface area contributed by atoms with E-state index in [0.29, 0.717) is 19.3 Å². The number of ether oxygens (including phenoxy) is 6. The Kier molecular flexibility index (Phi) is 50.4. The zero-order valence-corrected chi connectivity index (χ0v) is 60.7. The second-order valence-corrected chi connectivity index (χ2v) is 28.6. The number of carboxylic acid groups (broad SMARTS) is 1. The van der Waals surface area contributed by atoms with Crippen LogP contribution in [-0.4, -0.2) is 215 Å². The minimum atomic E-state index is -3.08. The summed E-state index contributed by atoms with van der Waals surface area (Å²) in [5.74, 6) is -6.09. The highest BCUT2D eigenvalue weighted by Crippen LogP contribution is 2.39. The fourth-order valence-electron chi connectivity index (χ4n) is 13.8. The van der Waals surface area contributed by atoms with E-state index in [1.165, 1.54) is 205 Å². The summed E-state index contributed by atoms with van der Waals surface area (Å²) in [7, 11) is 0. The second-order valence-electron chi connectivity index (χ2n) is 28.6. The molecule has 3 saturated heterocycles. The van der Waals surface area contributed by atoms with Crippen LogP contribution < -0.4 is 10.6 Å². The summed E-state index contributed by atoms with van der Waals surface area (Å²) >= 11 is 0. The summed E-state index contributed by atoms with van der Waals surface area (Å²) in [5, 5.41) is 136. The van der Waals surface area contributed by atoms with Crippen LogP contribution in [-0.2, 0) is 42.8 Å². The molecule has 3 rings (SSSR count). The number of rotatable bonds is 61. The molecule has 23 nitrogen and oxygen atoms in total. The Balaban J connectivity index is 1.48. The topological polar surface area (TPSA) is 373 Å². The van der Waals surface area contributed by atoms with Gasteiger partial charge in [-0.15, -0.1) is 0 Å². The van der Waals surface area contributed by atoms with E-state index in [-0.39, 0.29) is 18.9 Å². The quantitative estimate of drug-likeness (QED) is 0.0199. The monoisotopic (exact) mass is 1400 g/mol. The van der Waals surface area contributed by atoms with Gasteiger partial charge in [0.05, 0.1) is 50.7 Å². The van der Waals surface area contributed by atoms with Crippen molar-refractivity contribution in [1.29, 1.82) is 0 Å². The molecule has 98 heavy (non-hydrogen) atoms.